The Kier molecular flexibility index (Phi) is 5.89. The van der Waals surface area contributed by atoms with Gasteiger partial charge in [0.1, 0.15) is 5.82 Å². The largest absolute Gasteiger partial charge is 0.493 e. The Hall–Kier alpha value is -3.03. The third-order valence-corrected chi connectivity index (χ3v) is 6.17. The van der Waals surface area contributed by atoms with Gasteiger partial charge >= 0.3 is 0 Å². The molecule has 2 aliphatic rings. The van der Waals surface area contributed by atoms with E-state index in [1.165, 1.54) is 5.70 Å². The van der Waals surface area contributed by atoms with E-state index >= 15 is 0 Å². The summed E-state index contributed by atoms with van der Waals surface area (Å²) < 4.78 is 10.8. The highest BCUT2D eigenvalue weighted by Crippen LogP contribution is 2.35. The molecule has 0 bridgehead atoms. The number of hydrogen-bond acceptors (Lipinski definition) is 8. The Morgan fingerprint density at radius 3 is 2.26 bits per heavy atom. The number of aromatic nitrogens is 2. The summed E-state index contributed by atoms with van der Waals surface area (Å²) in [7, 11) is 3.19. The van der Waals surface area contributed by atoms with Crippen LogP contribution in [-0.2, 0) is 4.79 Å². The normalized spacial score (nSPS) is 17.6. The van der Waals surface area contributed by atoms with Crippen LogP contribution >= 0.6 is 0 Å². The molecule has 0 spiro atoms. The minimum atomic E-state index is 0.261. The number of ether oxygens (including phenoxy) is 2. The van der Waals surface area contributed by atoms with Crippen LogP contribution in [0.1, 0.15) is 33.1 Å². The fraction of sp³-hybridized carbons (Fsp3) is 0.522. The number of Topliss-reactive ketones (excluding diaryl/α,β-unsaturated/α-hetero) is 1. The molecule has 1 aromatic carbocycles. The van der Waals surface area contributed by atoms with E-state index in [2.05, 4.69) is 28.6 Å². The Bertz CT molecular complexity index is 1030. The number of carbonyl (C=O) groups is 1. The lowest BCUT2D eigenvalue weighted by atomic mass is 9.87. The number of carbonyl (C=O) groups excluding carboxylic acids is 1. The summed E-state index contributed by atoms with van der Waals surface area (Å²) in [6.45, 7) is 7.47. The maximum atomic E-state index is 12.5. The average molecular weight is 426 g/mol. The minimum Gasteiger partial charge on any atom is -0.493 e. The lowest BCUT2D eigenvalue weighted by Gasteiger charge is -2.40. The summed E-state index contributed by atoms with van der Waals surface area (Å²) in [5.74, 6) is 2.83. The van der Waals surface area contributed by atoms with Gasteiger partial charge in [-0.3, -0.25) is 4.79 Å². The van der Waals surface area contributed by atoms with Crippen molar-refractivity contribution in [2.24, 2.45) is 5.92 Å². The van der Waals surface area contributed by atoms with Crippen LogP contribution in [0.25, 0.3) is 10.9 Å². The molecule has 0 amide bonds. The number of methoxy groups -OCH3 is 2. The van der Waals surface area contributed by atoms with Crippen LogP contribution in [0.2, 0.25) is 0 Å². The number of nitrogen functional groups attached to an aromatic ring is 1. The fourth-order valence-corrected chi connectivity index (χ4v) is 4.61. The molecule has 31 heavy (non-hydrogen) atoms. The first-order valence-corrected chi connectivity index (χ1v) is 10.9. The van der Waals surface area contributed by atoms with Gasteiger partial charge in [-0.2, -0.15) is 4.98 Å². The molecule has 1 aliphatic heterocycles. The average Bonchev–Trinajstić information content (AvgIpc) is 2.77. The van der Waals surface area contributed by atoms with Gasteiger partial charge in [-0.15, -0.1) is 0 Å². The smallest absolute Gasteiger partial charge is 0.228 e. The van der Waals surface area contributed by atoms with Crippen LogP contribution in [-0.4, -0.2) is 61.0 Å². The molecule has 1 saturated heterocycles. The topological polar surface area (TPSA) is 93.8 Å². The van der Waals surface area contributed by atoms with Gasteiger partial charge < -0.3 is 25.0 Å². The van der Waals surface area contributed by atoms with Gasteiger partial charge in [-0.05, 0) is 24.8 Å². The second-order valence-corrected chi connectivity index (χ2v) is 8.40. The molecule has 8 nitrogen and oxygen atoms in total. The number of allylic oxidation sites excluding steroid dienone is 2. The van der Waals surface area contributed by atoms with Crippen LogP contribution in [0.15, 0.2) is 23.4 Å². The molecular formula is C23H31N5O3. The number of ketones is 1. The predicted molar refractivity (Wildman–Crippen MR) is 122 cm³/mol. The first-order chi connectivity index (χ1) is 14.9. The molecule has 2 aromatic rings. The molecule has 4 rings (SSSR count). The molecule has 0 unspecified atom stereocenters. The zero-order chi connectivity index (χ0) is 22.1. The number of nitrogens with zero attached hydrogens (tertiary/aromatic N) is 4. The number of fused-ring (bicyclic) bond motifs is 1. The Balaban J connectivity index is 1.57. The maximum absolute atomic E-state index is 12.5. The van der Waals surface area contributed by atoms with Gasteiger partial charge in [0.15, 0.2) is 17.3 Å². The summed E-state index contributed by atoms with van der Waals surface area (Å²) in [6, 6.07) is 3.64. The van der Waals surface area contributed by atoms with E-state index in [9.17, 15) is 4.79 Å². The van der Waals surface area contributed by atoms with Crippen LogP contribution in [0, 0.1) is 5.92 Å². The SMILES string of the molecule is COc1cc2nc(N3CCN(C4=C(C(C)C)C(=O)CCC4)CC3)nc(N)c2cc1OC. The monoisotopic (exact) mass is 425 g/mol. The van der Waals surface area contributed by atoms with E-state index < -0.39 is 0 Å². The van der Waals surface area contributed by atoms with Crippen molar-refractivity contribution in [2.75, 3.05) is 51.0 Å². The molecule has 0 radical (unpaired) electrons. The van der Waals surface area contributed by atoms with E-state index in [0.29, 0.717) is 35.5 Å². The second-order valence-electron chi connectivity index (χ2n) is 8.40. The third kappa shape index (κ3) is 3.98. The molecule has 0 saturated carbocycles. The highest BCUT2D eigenvalue weighted by Gasteiger charge is 2.29. The number of hydrogen-bond donors (Lipinski definition) is 1. The summed E-state index contributed by atoms with van der Waals surface area (Å²) in [5.41, 5.74) is 9.25. The van der Waals surface area contributed by atoms with Crippen molar-refractivity contribution >= 4 is 28.5 Å². The van der Waals surface area contributed by atoms with Crippen molar-refractivity contribution in [3.8, 4) is 11.5 Å². The second kappa shape index (κ2) is 8.61. The van der Waals surface area contributed by atoms with E-state index in [1.807, 2.05) is 12.1 Å². The quantitative estimate of drug-likeness (QED) is 0.781. The van der Waals surface area contributed by atoms with Crippen molar-refractivity contribution in [1.82, 2.24) is 14.9 Å². The third-order valence-electron chi connectivity index (χ3n) is 6.17. The highest BCUT2D eigenvalue weighted by atomic mass is 16.5. The molecule has 1 fully saturated rings. The number of benzene rings is 1. The van der Waals surface area contributed by atoms with E-state index in [-0.39, 0.29) is 5.92 Å². The van der Waals surface area contributed by atoms with Gasteiger partial charge in [0.25, 0.3) is 0 Å². The van der Waals surface area contributed by atoms with Gasteiger partial charge in [0.05, 0.1) is 19.7 Å². The van der Waals surface area contributed by atoms with Gasteiger partial charge in [0, 0.05) is 55.3 Å². The molecule has 8 heteroatoms. The van der Waals surface area contributed by atoms with Crippen LogP contribution < -0.4 is 20.1 Å². The molecule has 0 atom stereocenters. The van der Waals surface area contributed by atoms with Crippen molar-refractivity contribution < 1.29 is 14.3 Å². The van der Waals surface area contributed by atoms with Crippen LogP contribution in [0.5, 0.6) is 11.5 Å². The standard InChI is InChI=1S/C23H31N5O3/c1-14(2)21-17(6-5-7-18(21)29)27-8-10-28(11-9-27)23-25-16-13-20(31-4)19(30-3)12-15(16)22(24)26-23/h12-14H,5-11H2,1-4H3,(H2,24,25,26). The van der Waals surface area contributed by atoms with E-state index in [4.69, 9.17) is 20.2 Å². The molecule has 1 aliphatic carbocycles. The Morgan fingerprint density at radius 1 is 0.968 bits per heavy atom. The van der Waals surface area contributed by atoms with Crippen molar-refractivity contribution in [2.45, 2.75) is 33.1 Å². The lowest BCUT2D eigenvalue weighted by Crippen LogP contribution is -2.47. The first kappa shape index (κ1) is 21.2. The summed E-state index contributed by atoms with van der Waals surface area (Å²) in [5, 5.41) is 0.743. The zero-order valence-corrected chi connectivity index (χ0v) is 18.8. The van der Waals surface area contributed by atoms with Gasteiger partial charge in [0.2, 0.25) is 5.95 Å². The number of anilines is 2. The lowest BCUT2D eigenvalue weighted by molar-refractivity contribution is -0.116. The number of nitrogens with two attached hydrogens (primary N) is 1. The first-order valence-electron chi connectivity index (χ1n) is 10.9. The summed E-state index contributed by atoms with van der Waals surface area (Å²) in [4.78, 5) is 26.3. The molecule has 2 heterocycles. The van der Waals surface area contributed by atoms with Crippen molar-refractivity contribution in [1.29, 1.82) is 0 Å². The Labute approximate surface area is 183 Å². The summed E-state index contributed by atoms with van der Waals surface area (Å²) in [6.07, 6.45) is 2.61. The fourth-order valence-electron chi connectivity index (χ4n) is 4.61. The predicted octanol–water partition coefficient (Wildman–Crippen LogP) is 3.01. The van der Waals surface area contributed by atoms with E-state index in [1.54, 1.807) is 14.2 Å². The number of piperazine rings is 1. The van der Waals surface area contributed by atoms with Gasteiger partial charge in [-0.1, -0.05) is 13.8 Å². The molecule has 1 aromatic heterocycles. The van der Waals surface area contributed by atoms with E-state index in [0.717, 1.165) is 55.5 Å². The molecule has 166 valence electrons. The number of rotatable bonds is 5. The van der Waals surface area contributed by atoms with Crippen LogP contribution in [0.4, 0.5) is 11.8 Å². The van der Waals surface area contributed by atoms with Gasteiger partial charge in [-0.25, -0.2) is 4.98 Å². The molecular weight excluding hydrogens is 394 g/mol. The van der Waals surface area contributed by atoms with Crippen molar-refractivity contribution in [3.63, 3.8) is 0 Å². The summed E-state index contributed by atoms with van der Waals surface area (Å²) >= 11 is 0. The van der Waals surface area contributed by atoms with Crippen LogP contribution in [0.3, 0.4) is 0 Å². The molecule has 2 N–H and O–H groups in total. The highest BCUT2D eigenvalue weighted by molar-refractivity contribution is 5.97. The van der Waals surface area contributed by atoms with Crippen molar-refractivity contribution in [3.05, 3.63) is 23.4 Å². The zero-order valence-electron chi connectivity index (χ0n) is 18.8. The Morgan fingerprint density at radius 2 is 1.61 bits per heavy atom. The minimum absolute atomic E-state index is 0.261. The maximum Gasteiger partial charge on any atom is 0.228 e.